The molecule has 1 rings (SSSR count). The lowest BCUT2D eigenvalue weighted by atomic mass is 10.3. The minimum atomic E-state index is -3.31. The molecule has 0 aromatic rings. The van der Waals surface area contributed by atoms with Crippen molar-refractivity contribution in [2.75, 3.05) is 33.2 Å². The molecule has 1 N–H and O–H groups in total. The Morgan fingerprint density at radius 3 is 2.40 bits per heavy atom. The van der Waals surface area contributed by atoms with E-state index in [9.17, 15) is 8.42 Å². The molecule has 0 aliphatic heterocycles. The quantitative estimate of drug-likeness (QED) is 0.591. The van der Waals surface area contributed by atoms with Gasteiger partial charge in [0.25, 0.3) is 10.2 Å². The van der Waals surface area contributed by atoms with Gasteiger partial charge in [0, 0.05) is 26.2 Å². The van der Waals surface area contributed by atoms with Gasteiger partial charge in [-0.25, -0.2) is 0 Å². The van der Waals surface area contributed by atoms with Crippen LogP contribution >= 0.6 is 0 Å². The van der Waals surface area contributed by atoms with Crippen LogP contribution in [0.5, 0.6) is 0 Å². The van der Waals surface area contributed by atoms with Gasteiger partial charge in [-0.2, -0.15) is 17.0 Å². The highest BCUT2D eigenvalue weighted by atomic mass is 32.2. The molecule has 0 atom stereocenters. The number of nitrogens with zero attached hydrogens (tertiary/aromatic N) is 2. The van der Waals surface area contributed by atoms with Gasteiger partial charge in [-0.05, 0) is 58.5 Å². The summed E-state index contributed by atoms with van der Waals surface area (Å²) < 4.78 is 28.3. The second-order valence-corrected chi connectivity index (χ2v) is 8.03. The summed E-state index contributed by atoms with van der Waals surface area (Å²) in [5, 5.41) is 3.30. The molecule has 1 aliphatic rings. The fourth-order valence-electron chi connectivity index (χ4n) is 2.15. The Balaban J connectivity index is 2.46. The van der Waals surface area contributed by atoms with Crippen LogP contribution in [0, 0.1) is 5.92 Å². The average molecular weight is 305 g/mol. The molecule has 0 saturated heterocycles. The number of nitrogens with one attached hydrogen (secondary N) is 1. The molecular formula is C14H31N3O2S. The lowest BCUT2D eigenvalue weighted by Crippen LogP contribution is -2.46. The highest BCUT2D eigenvalue weighted by Gasteiger charge is 2.34. The van der Waals surface area contributed by atoms with Crippen LogP contribution in [0.25, 0.3) is 0 Å². The van der Waals surface area contributed by atoms with Gasteiger partial charge >= 0.3 is 0 Å². The summed E-state index contributed by atoms with van der Waals surface area (Å²) in [7, 11) is -1.62. The summed E-state index contributed by atoms with van der Waals surface area (Å²) in [5.41, 5.74) is 0. The zero-order valence-electron chi connectivity index (χ0n) is 13.4. The van der Waals surface area contributed by atoms with Gasteiger partial charge in [-0.3, -0.25) is 0 Å². The Morgan fingerprint density at radius 1 is 1.25 bits per heavy atom. The monoisotopic (exact) mass is 305 g/mol. The van der Waals surface area contributed by atoms with Gasteiger partial charge in [-0.1, -0.05) is 6.92 Å². The zero-order chi connectivity index (χ0) is 15.2. The molecule has 0 unspecified atom stereocenters. The van der Waals surface area contributed by atoms with Crippen LogP contribution in [0.2, 0.25) is 0 Å². The molecule has 0 radical (unpaired) electrons. The first-order valence-corrected chi connectivity index (χ1v) is 9.23. The summed E-state index contributed by atoms with van der Waals surface area (Å²) in [4.78, 5) is 0. The highest BCUT2D eigenvalue weighted by molar-refractivity contribution is 7.86. The van der Waals surface area contributed by atoms with Crippen LogP contribution in [-0.4, -0.2) is 56.3 Å². The molecule has 1 fully saturated rings. The molecule has 5 nitrogen and oxygen atoms in total. The SMILES string of the molecule is CCCNCCCN(C)S(=O)(=O)N(CC1CC1)C(C)C. The van der Waals surface area contributed by atoms with Crippen molar-refractivity contribution in [2.24, 2.45) is 5.92 Å². The normalized spacial score (nSPS) is 16.6. The molecule has 0 bridgehead atoms. The van der Waals surface area contributed by atoms with Crippen molar-refractivity contribution in [1.29, 1.82) is 0 Å². The third-order valence-electron chi connectivity index (χ3n) is 3.65. The van der Waals surface area contributed by atoms with E-state index in [1.54, 1.807) is 11.4 Å². The van der Waals surface area contributed by atoms with Gasteiger partial charge in [-0.15, -0.1) is 0 Å². The van der Waals surface area contributed by atoms with Crippen molar-refractivity contribution in [2.45, 2.75) is 52.5 Å². The fourth-order valence-corrected chi connectivity index (χ4v) is 3.80. The van der Waals surface area contributed by atoms with Crippen LogP contribution < -0.4 is 5.32 Å². The van der Waals surface area contributed by atoms with E-state index in [1.165, 1.54) is 17.1 Å². The summed E-state index contributed by atoms with van der Waals surface area (Å²) >= 11 is 0. The van der Waals surface area contributed by atoms with Gasteiger partial charge in [0.15, 0.2) is 0 Å². The maximum atomic E-state index is 12.6. The van der Waals surface area contributed by atoms with E-state index in [1.807, 2.05) is 13.8 Å². The molecular weight excluding hydrogens is 274 g/mol. The second kappa shape index (κ2) is 8.32. The minimum Gasteiger partial charge on any atom is -0.317 e. The van der Waals surface area contributed by atoms with E-state index >= 15 is 0 Å². The van der Waals surface area contributed by atoms with E-state index in [4.69, 9.17) is 0 Å². The third kappa shape index (κ3) is 5.68. The predicted octanol–water partition coefficient (Wildman–Crippen LogP) is 1.67. The molecule has 20 heavy (non-hydrogen) atoms. The minimum absolute atomic E-state index is 0.0290. The summed E-state index contributed by atoms with van der Waals surface area (Å²) in [5.74, 6) is 0.576. The van der Waals surface area contributed by atoms with Crippen molar-refractivity contribution >= 4 is 10.2 Å². The number of hydrogen-bond acceptors (Lipinski definition) is 3. The fraction of sp³-hybridized carbons (Fsp3) is 1.00. The molecule has 6 heteroatoms. The van der Waals surface area contributed by atoms with Crippen LogP contribution in [-0.2, 0) is 10.2 Å². The number of rotatable bonds is 11. The third-order valence-corrected chi connectivity index (χ3v) is 5.79. The van der Waals surface area contributed by atoms with Gasteiger partial charge in [0.05, 0.1) is 0 Å². The topological polar surface area (TPSA) is 52.7 Å². The van der Waals surface area contributed by atoms with E-state index in [-0.39, 0.29) is 6.04 Å². The van der Waals surface area contributed by atoms with Crippen molar-refractivity contribution < 1.29 is 8.42 Å². The summed E-state index contributed by atoms with van der Waals surface area (Å²) in [6, 6.07) is 0.0290. The van der Waals surface area contributed by atoms with Crippen molar-refractivity contribution in [3.05, 3.63) is 0 Å². The zero-order valence-corrected chi connectivity index (χ0v) is 14.2. The van der Waals surface area contributed by atoms with Crippen LogP contribution in [0.4, 0.5) is 0 Å². The Morgan fingerprint density at radius 2 is 1.90 bits per heavy atom. The second-order valence-electron chi connectivity index (χ2n) is 6.04. The largest absolute Gasteiger partial charge is 0.317 e. The van der Waals surface area contributed by atoms with Crippen LogP contribution in [0.3, 0.4) is 0 Å². The van der Waals surface area contributed by atoms with Gasteiger partial charge in [0.2, 0.25) is 0 Å². The lowest BCUT2D eigenvalue weighted by molar-refractivity contribution is 0.307. The smallest absolute Gasteiger partial charge is 0.281 e. The van der Waals surface area contributed by atoms with Gasteiger partial charge in [0.1, 0.15) is 0 Å². The average Bonchev–Trinajstić information content (AvgIpc) is 3.18. The molecule has 120 valence electrons. The Kier molecular flexibility index (Phi) is 7.43. The van der Waals surface area contributed by atoms with Gasteiger partial charge < -0.3 is 5.32 Å². The molecule has 1 aliphatic carbocycles. The maximum absolute atomic E-state index is 12.6. The lowest BCUT2D eigenvalue weighted by Gasteiger charge is -2.30. The van der Waals surface area contributed by atoms with E-state index in [0.29, 0.717) is 19.0 Å². The highest BCUT2D eigenvalue weighted by Crippen LogP contribution is 2.31. The van der Waals surface area contributed by atoms with Crippen LogP contribution in [0.1, 0.15) is 46.5 Å². The van der Waals surface area contributed by atoms with E-state index in [2.05, 4.69) is 12.2 Å². The van der Waals surface area contributed by atoms with Crippen molar-refractivity contribution in [3.63, 3.8) is 0 Å². The first-order chi connectivity index (χ1) is 9.39. The Labute approximate surface area is 124 Å². The predicted molar refractivity (Wildman–Crippen MR) is 83.9 cm³/mol. The first-order valence-electron chi connectivity index (χ1n) is 7.83. The molecule has 0 amide bonds. The summed E-state index contributed by atoms with van der Waals surface area (Å²) in [6.45, 7) is 9.16. The summed E-state index contributed by atoms with van der Waals surface area (Å²) in [6.07, 6.45) is 4.30. The van der Waals surface area contributed by atoms with Crippen molar-refractivity contribution in [3.8, 4) is 0 Å². The number of hydrogen-bond donors (Lipinski definition) is 1. The molecule has 1 saturated carbocycles. The molecule has 0 heterocycles. The Bertz CT molecular complexity index is 367. The molecule has 0 aromatic heterocycles. The van der Waals surface area contributed by atoms with E-state index in [0.717, 1.165) is 25.9 Å². The maximum Gasteiger partial charge on any atom is 0.281 e. The molecule has 0 aromatic carbocycles. The standard InChI is InChI=1S/C14H31N3O2S/c1-5-9-15-10-6-11-16(4)20(18,19)17(13(2)3)12-14-7-8-14/h13-15H,5-12H2,1-4H3. The van der Waals surface area contributed by atoms with E-state index < -0.39 is 10.2 Å². The first kappa shape index (κ1) is 17.9. The van der Waals surface area contributed by atoms with Crippen molar-refractivity contribution in [1.82, 2.24) is 13.9 Å². The molecule has 0 spiro atoms. The Hall–Kier alpha value is -0.170. The van der Waals surface area contributed by atoms with Crippen LogP contribution in [0.15, 0.2) is 0 Å².